The minimum Gasteiger partial charge on any atom is -0.399 e. The molecule has 20 heavy (non-hydrogen) atoms. The van der Waals surface area contributed by atoms with Crippen molar-refractivity contribution in [1.82, 2.24) is 0 Å². The van der Waals surface area contributed by atoms with E-state index in [0.717, 1.165) is 27.4 Å². The standard InChI is InChI=1S/C18H14ClN/c19-18-4-2-1-3-17(18)15-7-5-13(6-8-15)14-9-11-16(20)12-10-14/h1-12H,20H2. The molecule has 3 aromatic carbocycles. The fourth-order valence-electron chi connectivity index (χ4n) is 2.21. The van der Waals surface area contributed by atoms with E-state index in [2.05, 4.69) is 24.3 Å². The van der Waals surface area contributed by atoms with Crippen molar-refractivity contribution in [2.45, 2.75) is 0 Å². The third kappa shape index (κ3) is 2.54. The highest BCUT2D eigenvalue weighted by Crippen LogP contribution is 2.29. The van der Waals surface area contributed by atoms with Gasteiger partial charge in [-0.3, -0.25) is 0 Å². The molecule has 2 heteroatoms. The molecular formula is C18H14ClN. The van der Waals surface area contributed by atoms with Gasteiger partial charge in [-0.1, -0.05) is 66.2 Å². The molecule has 98 valence electrons. The molecule has 0 saturated heterocycles. The minimum atomic E-state index is 0.771. The molecule has 2 N–H and O–H groups in total. The van der Waals surface area contributed by atoms with Gasteiger partial charge >= 0.3 is 0 Å². The maximum Gasteiger partial charge on any atom is 0.0484 e. The van der Waals surface area contributed by atoms with Crippen LogP contribution in [0.25, 0.3) is 22.3 Å². The summed E-state index contributed by atoms with van der Waals surface area (Å²) >= 11 is 6.22. The number of hydrogen-bond acceptors (Lipinski definition) is 1. The molecule has 0 fully saturated rings. The van der Waals surface area contributed by atoms with Gasteiger partial charge in [-0.05, 0) is 34.9 Å². The van der Waals surface area contributed by atoms with E-state index in [1.54, 1.807) is 0 Å². The first-order valence-electron chi connectivity index (χ1n) is 6.45. The molecule has 0 aliphatic heterocycles. The molecule has 1 nitrogen and oxygen atoms in total. The summed E-state index contributed by atoms with van der Waals surface area (Å²) in [5.74, 6) is 0. The average Bonchev–Trinajstić information content (AvgIpc) is 2.49. The fraction of sp³-hybridized carbons (Fsp3) is 0. The SMILES string of the molecule is Nc1ccc(-c2ccc(-c3ccccc3Cl)cc2)cc1. The number of rotatable bonds is 2. The molecule has 3 rings (SSSR count). The normalized spacial score (nSPS) is 10.4. The Morgan fingerprint density at radius 2 is 1.10 bits per heavy atom. The molecule has 0 aliphatic carbocycles. The summed E-state index contributed by atoms with van der Waals surface area (Å²) in [7, 11) is 0. The molecule has 0 bridgehead atoms. The lowest BCUT2D eigenvalue weighted by atomic mass is 10.0. The van der Waals surface area contributed by atoms with Crippen LogP contribution in [0.1, 0.15) is 0 Å². The lowest BCUT2D eigenvalue weighted by Gasteiger charge is -2.06. The number of hydrogen-bond donors (Lipinski definition) is 1. The largest absolute Gasteiger partial charge is 0.399 e. The van der Waals surface area contributed by atoms with Crippen LogP contribution in [0.4, 0.5) is 5.69 Å². The minimum absolute atomic E-state index is 0.771. The van der Waals surface area contributed by atoms with Crippen LogP contribution >= 0.6 is 11.6 Å². The van der Waals surface area contributed by atoms with Gasteiger partial charge in [0.25, 0.3) is 0 Å². The zero-order valence-electron chi connectivity index (χ0n) is 10.9. The maximum absolute atomic E-state index is 6.22. The van der Waals surface area contributed by atoms with Gasteiger partial charge in [-0.2, -0.15) is 0 Å². The van der Waals surface area contributed by atoms with Gasteiger partial charge < -0.3 is 5.73 Å². The average molecular weight is 280 g/mol. The number of benzene rings is 3. The second kappa shape index (κ2) is 5.40. The molecule has 0 atom stereocenters. The maximum atomic E-state index is 6.22. The predicted octanol–water partition coefficient (Wildman–Crippen LogP) is 5.26. The van der Waals surface area contributed by atoms with E-state index in [4.69, 9.17) is 17.3 Å². The quantitative estimate of drug-likeness (QED) is 0.637. The van der Waals surface area contributed by atoms with Gasteiger partial charge in [0.2, 0.25) is 0 Å². The lowest BCUT2D eigenvalue weighted by molar-refractivity contribution is 1.59. The molecule has 0 aromatic heterocycles. The highest BCUT2D eigenvalue weighted by Gasteiger charge is 2.03. The Bertz CT molecular complexity index is 715. The fourth-order valence-corrected chi connectivity index (χ4v) is 2.46. The van der Waals surface area contributed by atoms with E-state index in [-0.39, 0.29) is 0 Å². The Balaban J connectivity index is 1.96. The summed E-state index contributed by atoms with van der Waals surface area (Å²) in [5, 5.41) is 0.771. The Morgan fingerprint density at radius 1 is 0.600 bits per heavy atom. The number of nitrogens with two attached hydrogens (primary N) is 1. The van der Waals surface area contributed by atoms with Crippen molar-refractivity contribution in [2.75, 3.05) is 5.73 Å². The summed E-state index contributed by atoms with van der Waals surface area (Å²) in [6, 6.07) is 24.1. The topological polar surface area (TPSA) is 26.0 Å². The van der Waals surface area contributed by atoms with Crippen molar-refractivity contribution in [3.8, 4) is 22.3 Å². The Hall–Kier alpha value is -2.25. The van der Waals surface area contributed by atoms with Crippen LogP contribution in [-0.2, 0) is 0 Å². The first kappa shape index (κ1) is 12.8. The summed E-state index contributed by atoms with van der Waals surface area (Å²) < 4.78 is 0. The molecule has 0 saturated carbocycles. The molecule has 0 unspecified atom stereocenters. The van der Waals surface area contributed by atoms with Crippen LogP contribution in [0.3, 0.4) is 0 Å². The zero-order valence-corrected chi connectivity index (χ0v) is 11.6. The van der Waals surface area contributed by atoms with Crippen LogP contribution in [0.15, 0.2) is 72.8 Å². The molecule has 0 heterocycles. The first-order valence-corrected chi connectivity index (χ1v) is 6.83. The van der Waals surface area contributed by atoms with Crippen molar-refractivity contribution in [3.05, 3.63) is 77.8 Å². The molecule has 0 spiro atoms. The van der Waals surface area contributed by atoms with Crippen LogP contribution in [0.2, 0.25) is 5.02 Å². The van der Waals surface area contributed by atoms with E-state index in [9.17, 15) is 0 Å². The third-order valence-corrected chi connectivity index (χ3v) is 3.64. The number of halogens is 1. The highest BCUT2D eigenvalue weighted by molar-refractivity contribution is 6.33. The summed E-state index contributed by atoms with van der Waals surface area (Å²) in [4.78, 5) is 0. The summed E-state index contributed by atoms with van der Waals surface area (Å²) in [5.41, 5.74) is 11.0. The van der Waals surface area contributed by atoms with Gasteiger partial charge in [0.1, 0.15) is 0 Å². The Kier molecular flexibility index (Phi) is 3.44. The van der Waals surface area contributed by atoms with Gasteiger partial charge in [0.15, 0.2) is 0 Å². The smallest absolute Gasteiger partial charge is 0.0484 e. The number of nitrogen functional groups attached to an aromatic ring is 1. The van der Waals surface area contributed by atoms with Crippen LogP contribution in [0.5, 0.6) is 0 Å². The van der Waals surface area contributed by atoms with Gasteiger partial charge in [0.05, 0.1) is 0 Å². The Morgan fingerprint density at radius 3 is 1.70 bits per heavy atom. The van der Waals surface area contributed by atoms with Crippen molar-refractivity contribution in [3.63, 3.8) is 0 Å². The molecule has 0 radical (unpaired) electrons. The second-order valence-electron chi connectivity index (χ2n) is 4.68. The van der Waals surface area contributed by atoms with Crippen molar-refractivity contribution < 1.29 is 0 Å². The first-order chi connectivity index (χ1) is 9.74. The zero-order chi connectivity index (χ0) is 13.9. The lowest BCUT2D eigenvalue weighted by Crippen LogP contribution is -1.84. The van der Waals surface area contributed by atoms with Gasteiger partial charge in [-0.25, -0.2) is 0 Å². The highest BCUT2D eigenvalue weighted by atomic mass is 35.5. The predicted molar refractivity (Wildman–Crippen MR) is 86.7 cm³/mol. The van der Waals surface area contributed by atoms with E-state index in [1.807, 2.05) is 48.5 Å². The molecule has 0 aliphatic rings. The van der Waals surface area contributed by atoms with E-state index in [1.165, 1.54) is 5.56 Å². The van der Waals surface area contributed by atoms with Crippen LogP contribution in [-0.4, -0.2) is 0 Å². The van der Waals surface area contributed by atoms with E-state index in [0.29, 0.717) is 0 Å². The van der Waals surface area contributed by atoms with Crippen molar-refractivity contribution in [2.24, 2.45) is 0 Å². The molecular weight excluding hydrogens is 266 g/mol. The molecule has 3 aromatic rings. The number of anilines is 1. The van der Waals surface area contributed by atoms with Crippen LogP contribution < -0.4 is 5.73 Å². The van der Waals surface area contributed by atoms with E-state index >= 15 is 0 Å². The van der Waals surface area contributed by atoms with Gasteiger partial charge in [-0.15, -0.1) is 0 Å². The summed E-state index contributed by atoms with van der Waals surface area (Å²) in [6.45, 7) is 0. The van der Waals surface area contributed by atoms with Crippen LogP contribution in [0, 0.1) is 0 Å². The molecule has 0 amide bonds. The monoisotopic (exact) mass is 279 g/mol. The van der Waals surface area contributed by atoms with Crippen molar-refractivity contribution >= 4 is 17.3 Å². The van der Waals surface area contributed by atoms with Gasteiger partial charge in [0, 0.05) is 16.3 Å². The summed E-state index contributed by atoms with van der Waals surface area (Å²) in [6.07, 6.45) is 0. The Labute approximate surface area is 123 Å². The van der Waals surface area contributed by atoms with E-state index < -0.39 is 0 Å². The second-order valence-corrected chi connectivity index (χ2v) is 5.09. The van der Waals surface area contributed by atoms with Crippen molar-refractivity contribution in [1.29, 1.82) is 0 Å². The third-order valence-electron chi connectivity index (χ3n) is 3.31.